The van der Waals surface area contributed by atoms with Crippen molar-refractivity contribution in [3.05, 3.63) is 18.0 Å². The first kappa shape index (κ1) is 9.36. The number of aromatic nitrogens is 2. The summed E-state index contributed by atoms with van der Waals surface area (Å²) in [6.07, 6.45) is 3.23. The molecule has 0 radical (unpaired) electrons. The average molecular weight is 206 g/mol. The van der Waals surface area contributed by atoms with Crippen LogP contribution < -0.4 is 5.32 Å². The first-order valence-corrected chi connectivity index (χ1v) is 5.75. The number of hydrogen-bond acceptors (Lipinski definition) is 3. The van der Waals surface area contributed by atoms with Crippen LogP contribution in [0.15, 0.2) is 12.3 Å². The fourth-order valence-electron chi connectivity index (χ4n) is 2.85. The highest BCUT2D eigenvalue weighted by atomic mass is 15.3. The Morgan fingerprint density at radius 3 is 3.20 bits per heavy atom. The second-order valence-corrected chi connectivity index (χ2v) is 4.75. The van der Waals surface area contributed by atoms with Gasteiger partial charge in [-0.25, -0.2) is 0 Å². The minimum absolute atomic E-state index is 0.748. The first-order valence-electron chi connectivity index (χ1n) is 5.75. The molecule has 0 unspecified atom stereocenters. The third-order valence-corrected chi connectivity index (χ3v) is 3.75. The number of rotatable bonds is 2. The molecule has 2 saturated heterocycles. The molecule has 0 saturated carbocycles. The van der Waals surface area contributed by atoms with Gasteiger partial charge in [-0.1, -0.05) is 0 Å². The second-order valence-electron chi connectivity index (χ2n) is 4.75. The quantitative estimate of drug-likeness (QED) is 0.751. The van der Waals surface area contributed by atoms with E-state index in [-0.39, 0.29) is 0 Å². The number of fused-ring (bicyclic) bond motifs is 1. The van der Waals surface area contributed by atoms with Gasteiger partial charge in [-0.2, -0.15) is 5.10 Å². The Morgan fingerprint density at radius 2 is 2.47 bits per heavy atom. The monoisotopic (exact) mass is 206 g/mol. The number of nitrogens with zero attached hydrogens (tertiary/aromatic N) is 3. The highest BCUT2D eigenvalue weighted by Gasteiger charge is 2.35. The summed E-state index contributed by atoms with van der Waals surface area (Å²) in [6, 6.07) is 2.86. The van der Waals surface area contributed by atoms with Gasteiger partial charge in [-0.15, -0.1) is 0 Å². The van der Waals surface area contributed by atoms with Gasteiger partial charge in [0.2, 0.25) is 0 Å². The van der Waals surface area contributed by atoms with Gasteiger partial charge in [-0.3, -0.25) is 9.58 Å². The summed E-state index contributed by atoms with van der Waals surface area (Å²) in [5.41, 5.74) is 1.31. The van der Waals surface area contributed by atoms with Crippen LogP contribution in [0.25, 0.3) is 0 Å². The third kappa shape index (κ3) is 1.68. The van der Waals surface area contributed by atoms with Crippen molar-refractivity contribution in [3.63, 3.8) is 0 Å². The van der Waals surface area contributed by atoms with Crippen molar-refractivity contribution in [2.75, 3.05) is 19.6 Å². The molecule has 1 aromatic heterocycles. The zero-order valence-corrected chi connectivity index (χ0v) is 9.19. The zero-order valence-electron chi connectivity index (χ0n) is 9.19. The third-order valence-electron chi connectivity index (χ3n) is 3.75. The molecule has 4 nitrogen and oxygen atoms in total. The van der Waals surface area contributed by atoms with Gasteiger partial charge in [0.25, 0.3) is 0 Å². The highest BCUT2D eigenvalue weighted by molar-refractivity contribution is 5.02. The van der Waals surface area contributed by atoms with E-state index in [1.165, 1.54) is 31.7 Å². The largest absolute Gasteiger partial charge is 0.312 e. The van der Waals surface area contributed by atoms with Crippen LogP contribution in [-0.4, -0.2) is 40.4 Å². The summed E-state index contributed by atoms with van der Waals surface area (Å²) in [7, 11) is 2.02. The van der Waals surface area contributed by atoms with E-state index in [1.807, 2.05) is 17.9 Å². The Bertz CT molecular complexity index is 334. The van der Waals surface area contributed by atoms with Gasteiger partial charge in [-0.05, 0) is 24.9 Å². The predicted octanol–water partition coefficient (Wildman–Crippen LogP) is 0.214. The van der Waals surface area contributed by atoms with E-state index in [0.717, 1.165) is 18.5 Å². The van der Waals surface area contributed by atoms with Crippen molar-refractivity contribution in [2.45, 2.75) is 19.0 Å². The van der Waals surface area contributed by atoms with Crippen LogP contribution in [0.2, 0.25) is 0 Å². The maximum Gasteiger partial charge on any atom is 0.0521 e. The standard InChI is InChI=1S/C11H18N4/c1-14-10(3-5-13-14)7-15-6-9-2-4-12-11(9)8-15/h3,5,9,11-12H,2,4,6-8H2,1H3/t9-,11+/m0/s1. The Labute approximate surface area is 90.3 Å². The van der Waals surface area contributed by atoms with E-state index in [4.69, 9.17) is 0 Å². The summed E-state index contributed by atoms with van der Waals surface area (Å²) in [5.74, 6) is 0.887. The molecule has 2 aliphatic heterocycles. The van der Waals surface area contributed by atoms with Crippen LogP contribution in [0.3, 0.4) is 0 Å². The molecule has 2 aliphatic rings. The minimum atomic E-state index is 0.748. The first-order chi connectivity index (χ1) is 7.33. The van der Waals surface area contributed by atoms with Crippen LogP contribution in [-0.2, 0) is 13.6 Å². The van der Waals surface area contributed by atoms with Gasteiger partial charge in [0.15, 0.2) is 0 Å². The Hall–Kier alpha value is -0.870. The number of aryl methyl sites for hydroxylation is 1. The molecule has 3 rings (SSSR count). The van der Waals surface area contributed by atoms with Crippen molar-refractivity contribution in [1.82, 2.24) is 20.0 Å². The molecule has 15 heavy (non-hydrogen) atoms. The molecule has 3 heterocycles. The van der Waals surface area contributed by atoms with Crippen molar-refractivity contribution >= 4 is 0 Å². The van der Waals surface area contributed by atoms with Gasteiger partial charge >= 0.3 is 0 Å². The van der Waals surface area contributed by atoms with Gasteiger partial charge in [0.05, 0.1) is 5.69 Å². The van der Waals surface area contributed by atoms with E-state index in [0.29, 0.717) is 0 Å². The Morgan fingerprint density at radius 1 is 1.53 bits per heavy atom. The molecule has 0 aliphatic carbocycles. The predicted molar refractivity (Wildman–Crippen MR) is 58.4 cm³/mol. The number of hydrogen-bond donors (Lipinski definition) is 1. The summed E-state index contributed by atoms with van der Waals surface area (Å²) in [5, 5.41) is 7.78. The van der Waals surface area contributed by atoms with E-state index >= 15 is 0 Å². The fourth-order valence-corrected chi connectivity index (χ4v) is 2.85. The Kier molecular flexibility index (Phi) is 2.25. The molecule has 0 bridgehead atoms. The molecule has 0 amide bonds. The lowest BCUT2D eigenvalue weighted by atomic mass is 10.1. The fraction of sp³-hybridized carbons (Fsp3) is 0.727. The van der Waals surface area contributed by atoms with Crippen molar-refractivity contribution in [3.8, 4) is 0 Å². The van der Waals surface area contributed by atoms with E-state index in [2.05, 4.69) is 21.4 Å². The lowest BCUT2D eigenvalue weighted by molar-refractivity contribution is 0.298. The maximum absolute atomic E-state index is 4.21. The highest BCUT2D eigenvalue weighted by Crippen LogP contribution is 2.25. The number of nitrogens with one attached hydrogen (secondary N) is 1. The van der Waals surface area contributed by atoms with E-state index < -0.39 is 0 Å². The summed E-state index contributed by atoms with van der Waals surface area (Å²) in [4.78, 5) is 2.54. The molecule has 2 fully saturated rings. The van der Waals surface area contributed by atoms with Crippen LogP contribution in [0.1, 0.15) is 12.1 Å². The topological polar surface area (TPSA) is 33.1 Å². The summed E-state index contributed by atoms with van der Waals surface area (Å²) < 4.78 is 1.97. The van der Waals surface area contributed by atoms with Gasteiger partial charge in [0.1, 0.15) is 0 Å². The molecule has 2 atom stereocenters. The molecule has 4 heteroatoms. The second kappa shape index (κ2) is 3.61. The summed E-state index contributed by atoms with van der Waals surface area (Å²) >= 11 is 0. The molecular weight excluding hydrogens is 188 g/mol. The molecular formula is C11H18N4. The minimum Gasteiger partial charge on any atom is -0.312 e. The van der Waals surface area contributed by atoms with E-state index in [9.17, 15) is 0 Å². The summed E-state index contributed by atoms with van der Waals surface area (Å²) in [6.45, 7) is 4.72. The van der Waals surface area contributed by atoms with Crippen molar-refractivity contribution in [2.24, 2.45) is 13.0 Å². The molecule has 0 spiro atoms. The van der Waals surface area contributed by atoms with E-state index in [1.54, 1.807) is 0 Å². The lowest BCUT2D eigenvalue weighted by Crippen LogP contribution is -2.30. The maximum atomic E-state index is 4.21. The smallest absolute Gasteiger partial charge is 0.0521 e. The average Bonchev–Trinajstić information content (AvgIpc) is 2.83. The van der Waals surface area contributed by atoms with Gasteiger partial charge < -0.3 is 5.32 Å². The zero-order chi connectivity index (χ0) is 10.3. The van der Waals surface area contributed by atoms with Crippen LogP contribution in [0, 0.1) is 5.92 Å². The van der Waals surface area contributed by atoms with Crippen LogP contribution in [0.5, 0.6) is 0 Å². The lowest BCUT2D eigenvalue weighted by Gasteiger charge is -2.16. The van der Waals surface area contributed by atoms with Crippen LogP contribution >= 0.6 is 0 Å². The molecule has 0 aromatic carbocycles. The number of likely N-dealkylation sites (tertiary alicyclic amines) is 1. The SMILES string of the molecule is Cn1nccc1CN1C[C@@H]2CCN[C@@H]2C1. The molecule has 82 valence electrons. The normalized spacial score (nSPS) is 31.0. The molecule has 1 aromatic rings. The van der Waals surface area contributed by atoms with Gasteiger partial charge in [0, 0.05) is 38.9 Å². The molecule has 1 N–H and O–H groups in total. The van der Waals surface area contributed by atoms with Crippen molar-refractivity contribution in [1.29, 1.82) is 0 Å². The Balaban J connectivity index is 1.64. The van der Waals surface area contributed by atoms with Crippen LogP contribution in [0.4, 0.5) is 0 Å². The van der Waals surface area contributed by atoms with Crippen molar-refractivity contribution < 1.29 is 0 Å².